The van der Waals surface area contributed by atoms with Gasteiger partial charge in [-0.05, 0) is 13.0 Å². The third-order valence-corrected chi connectivity index (χ3v) is 3.53. The molecule has 0 saturated carbocycles. The van der Waals surface area contributed by atoms with E-state index in [1.807, 2.05) is 18.2 Å². The van der Waals surface area contributed by atoms with Crippen LogP contribution in [-0.2, 0) is 9.53 Å². The summed E-state index contributed by atoms with van der Waals surface area (Å²) in [5, 5.41) is 17.6. The van der Waals surface area contributed by atoms with E-state index in [1.54, 1.807) is 13.0 Å². The normalized spacial score (nSPS) is 10.5. The van der Waals surface area contributed by atoms with E-state index in [1.165, 1.54) is 0 Å². The van der Waals surface area contributed by atoms with Gasteiger partial charge in [-0.15, -0.1) is 0 Å². The van der Waals surface area contributed by atoms with E-state index in [0.717, 1.165) is 5.39 Å². The summed E-state index contributed by atoms with van der Waals surface area (Å²) in [5.74, 6) is -0.354. The van der Waals surface area contributed by atoms with Crippen molar-refractivity contribution in [2.75, 3.05) is 36.9 Å². The van der Waals surface area contributed by atoms with Gasteiger partial charge in [0.05, 0.1) is 11.2 Å². The maximum absolute atomic E-state index is 12.0. The van der Waals surface area contributed by atoms with E-state index in [2.05, 4.69) is 20.9 Å². The lowest BCUT2D eigenvalue weighted by molar-refractivity contribution is -0.120. The number of halogens is 1. The molecule has 25 heavy (non-hydrogen) atoms. The van der Waals surface area contributed by atoms with Crippen LogP contribution in [0.5, 0.6) is 0 Å². The minimum absolute atomic E-state index is 0.0976. The number of ether oxygens (including phenoxy) is 1. The van der Waals surface area contributed by atoms with Crippen LogP contribution in [0.25, 0.3) is 10.9 Å². The van der Waals surface area contributed by atoms with Crippen molar-refractivity contribution in [2.45, 2.75) is 6.92 Å². The lowest BCUT2D eigenvalue weighted by Gasteiger charge is -2.17. The van der Waals surface area contributed by atoms with Crippen molar-refractivity contribution in [2.24, 2.45) is 0 Å². The Morgan fingerprint density at radius 1 is 1.24 bits per heavy atom. The third kappa shape index (κ3) is 5.20. The Labute approximate surface area is 149 Å². The molecule has 2 amide bonds. The van der Waals surface area contributed by atoms with Crippen LogP contribution in [-0.4, -0.2) is 48.4 Å². The number of fused-ring (bicyclic) bond motifs is 1. The lowest BCUT2D eigenvalue weighted by atomic mass is 10.1. The molecule has 0 radical (unpaired) electrons. The molecular weight excluding hydrogens is 348 g/mol. The summed E-state index contributed by atoms with van der Waals surface area (Å²) in [7, 11) is 0. The number of aromatic nitrogens is 1. The number of rotatable bonds is 8. The zero-order valence-electron chi connectivity index (χ0n) is 13.6. The number of carbonyl (C=O) groups is 2. The van der Waals surface area contributed by atoms with Gasteiger partial charge in [0.2, 0.25) is 0 Å². The van der Waals surface area contributed by atoms with Gasteiger partial charge < -0.3 is 25.8 Å². The largest absolute Gasteiger partial charge is 0.465 e. The van der Waals surface area contributed by atoms with Crippen molar-refractivity contribution < 1.29 is 19.4 Å². The molecule has 134 valence electrons. The van der Waals surface area contributed by atoms with Crippen molar-refractivity contribution in [3.63, 3.8) is 0 Å². The average Bonchev–Trinajstić information content (AvgIpc) is 2.58. The maximum atomic E-state index is 12.0. The van der Waals surface area contributed by atoms with Crippen LogP contribution in [0.3, 0.4) is 0 Å². The van der Waals surface area contributed by atoms with Crippen molar-refractivity contribution in [3.8, 4) is 0 Å². The van der Waals surface area contributed by atoms with Crippen molar-refractivity contribution in [1.29, 1.82) is 0 Å². The number of hydrogen-bond acceptors (Lipinski definition) is 5. The number of hydrogen-bond donors (Lipinski definition) is 4. The Kier molecular flexibility index (Phi) is 6.79. The molecule has 4 N–H and O–H groups in total. The Morgan fingerprint density at radius 2 is 2.00 bits per heavy atom. The molecule has 0 fully saturated rings. The first-order chi connectivity index (χ1) is 12.0. The first-order valence-electron chi connectivity index (χ1n) is 7.69. The number of carboxylic acid groups (broad SMARTS) is 1. The first kappa shape index (κ1) is 18.8. The smallest absolute Gasteiger partial charge is 0.404 e. The van der Waals surface area contributed by atoms with Crippen molar-refractivity contribution >= 4 is 45.9 Å². The van der Waals surface area contributed by atoms with Gasteiger partial charge in [0.25, 0.3) is 5.91 Å². The molecule has 1 heterocycles. The van der Waals surface area contributed by atoms with Crippen LogP contribution < -0.4 is 16.0 Å². The van der Waals surface area contributed by atoms with E-state index < -0.39 is 6.09 Å². The summed E-state index contributed by atoms with van der Waals surface area (Å²) in [6.45, 7) is 2.62. The quantitative estimate of drug-likeness (QED) is 0.422. The second-order valence-electron chi connectivity index (χ2n) is 5.01. The number of nitrogens with one attached hydrogen (secondary N) is 3. The molecule has 0 atom stereocenters. The summed E-state index contributed by atoms with van der Waals surface area (Å²) in [6.07, 6.45) is -1.11. The fourth-order valence-electron chi connectivity index (χ4n) is 2.21. The van der Waals surface area contributed by atoms with E-state index in [9.17, 15) is 9.59 Å². The van der Waals surface area contributed by atoms with Gasteiger partial charge in [-0.25, -0.2) is 9.78 Å². The summed E-state index contributed by atoms with van der Waals surface area (Å²) < 4.78 is 5.09. The van der Waals surface area contributed by atoms with Crippen LogP contribution in [0.1, 0.15) is 6.92 Å². The third-order valence-electron chi connectivity index (χ3n) is 3.25. The van der Waals surface area contributed by atoms with Crippen LogP contribution in [0, 0.1) is 0 Å². The molecule has 2 rings (SSSR count). The second kappa shape index (κ2) is 9.05. The van der Waals surface area contributed by atoms with Crippen molar-refractivity contribution in [1.82, 2.24) is 10.3 Å². The molecule has 0 unspecified atom stereocenters. The number of benzene rings is 1. The highest BCUT2D eigenvalue weighted by Gasteiger charge is 2.16. The Hall–Kier alpha value is -2.58. The van der Waals surface area contributed by atoms with Gasteiger partial charge in [-0.2, -0.15) is 0 Å². The van der Waals surface area contributed by atoms with Crippen LogP contribution in [0.15, 0.2) is 24.3 Å². The highest BCUT2D eigenvalue weighted by molar-refractivity contribution is 6.34. The highest BCUT2D eigenvalue weighted by Crippen LogP contribution is 2.35. The topological polar surface area (TPSA) is 113 Å². The number of para-hydroxylation sites is 1. The number of nitrogens with zero attached hydrogens (tertiary/aromatic N) is 1. The fourth-order valence-corrected chi connectivity index (χ4v) is 2.44. The summed E-state index contributed by atoms with van der Waals surface area (Å²) >= 11 is 6.23. The van der Waals surface area contributed by atoms with Gasteiger partial charge in [-0.3, -0.25) is 4.79 Å². The van der Waals surface area contributed by atoms with Gasteiger partial charge in [-0.1, -0.05) is 29.8 Å². The number of amides is 2. The first-order valence-corrected chi connectivity index (χ1v) is 8.07. The molecule has 0 aliphatic heterocycles. The molecule has 0 bridgehead atoms. The predicted molar refractivity (Wildman–Crippen MR) is 96.4 cm³/mol. The molecule has 2 aromatic rings. The van der Waals surface area contributed by atoms with E-state index >= 15 is 0 Å². The Morgan fingerprint density at radius 3 is 2.72 bits per heavy atom. The molecule has 1 aromatic heterocycles. The van der Waals surface area contributed by atoms with Gasteiger partial charge >= 0.3 is 6.09 Å². The van der Waals surface area contributed by atoms with Crippen LogP contribution >= 0.6 is 11.6 Å². The van der Waals surface area contributed by atoms with E-state index in [4.69, 9.17) is 21.4 Å². The predicted octanol–water partition coefficient (Wildman–Crippen LogP) is 2.54. The summed E-state index contributed by atoms with van der Waals surface area (Å²) in [6, 6.07) is 7.30. The maximum Gasteiger partial charge on any atom is 0.404 e. The molecule has 0 aliphatic rings. The van der Waals surface area contributed by atoms with Gasteiger partial charge in [0.15, 0.2) is 5.15 Å². The SMILES string of the molecule is CCOCC(=O)Nc1c(Cl)nc2ccccc2c1NCCNC(=O)O. The second-order valence-corrected chi connectivity index (χ2v) is 5.37. The zero-order chi connectivity index (χ0) is 18.2. The lowest BCUT2D eigenvalue weighted by Crippen LogP contribution is -2.27. The van der Waals surface area contributed by atoms with E-state index in [-0.39, 0.29) is 24.2 Å². The monoisotopic (exact) mass is 366 g/mol. The summed E-state index contributed by atoms with van der Waals surface area (Å²) in [5.41, 5.74) is 1.57. The molecule has 0 spiro atoms. The zero-order valence-corrected chi connectivity index (χ0v) is 14.4. The minimum Gasteiger partial charge on any atom is -0.465 e. The standard InChI is InChI=1S/C16H19ClN4O4/c1-2-25-9-12(22)21-14-13(18-7-8-19-16(23)24)10-5-3-4-6-11(10)20-15(14)17/h3-6,19H,2,7-9H2,1H3,(H,18,20)(H,21,22)(H,23,24). The van der Waals surface area contributed by atoms with Crippen LogP contribution in [0.2, 0.25) is 5.15 Å². The molecule has 0 aliphatic carbocycles. The number of anilines is 2. The molecule has 9 heteroatoms. The molecule has 0 saturated heterocycles. The fraction of sp³-hybridized carbons (Fsp3) is 0.312. The van der Waals surface area contributed by atoms with Gasteiger partial charge in [0, 0.05) is 25.1 Å². The number of pyridine rings is 1. The van der Waals surface area contributed by atoms with E-state index in [0.29, 0.717) is 30.0 Å². The molecule has 1 aromatic carbocycles. The molecule has 8 nitrogen and oxygen atoms in total. The average molecular weight is 367 g/mol. The highest BCUT2D eigenvalue weighted by atomic mass is 35.5. The Bertz CT molecular complexity index is 769. The van der Waals surface area contributed by atoms with Gasteiger partial charge in [0.1, 0.15) is 12.3 Å². The molecular formula is C16H19ClN4O4. The number of carbonyl (C=O) groups excluding carboxylic acids is 1. The Balaban J connectivity index is 2.30. The van der Waals surface area contributed by atoms with Crippen molar-refractivity contribution in [3.05, 3.63) is 29.4 Å². The van der Waals surface area contributed by atoms with Crippen LogP contribution in [0.4, 0.5) is 16.2 Å². The minimum atomic E-state index is -1.11. The summed E-state index contributed by atoms with van der Waals surface area (Å²) in [4.78, 5) is 26.8.